The lowest BCUT2D eigenvalue weighted by Crippen LogP contribution is -1.95. The van der Waals surface area contributed by atoms with Gasteiger partial charge in [-0.1, -0.05) is 5.16 Å². The normalized spacial score (nSPS) is 13.5. The monoisotopic (exact) mass is 195 g/mol. The van der Waals surface area contributed by atoms with Crippen molar-refractivity contribution < 1.29 is 19.4 Å². The highest BCUT2D eigenvalue weighted by molar-refractivity contribution is 5.85. The standard InChI is InChI=1S/C9H9NO4/c1-12-8-6(4-10-11)2-3-7-9(8)14-5-13-7/h2-4,11H,5H2,1H3/b10-4-. The predicted molar refractivity (Wildman–Crippen MR) is 48.5 cm³/mol. The third kappa shape index (κ3) is 1.22. The van der Waals surface area contributed by atoms with Crippen LogP contribution in [0, 0.1) is 0 Å². The number of oxime groups is 1. The first-order valence-corrected chi connectivity index (χ1v) is 4.01. The van der Waals surface area contributed by atoms with Gasteiger partial charge in [-0.15, -0.1) is 0 Å². The van der Waals surface area contributed by atoms with Crippen molar-refractivity contribution in [2.45, 2.75) is 0 Å². The average molecular weight is 195 g/mol. The summed E-state index contributed by atoms with van der Waals surface area (Å²) >= 11 is 0. The molecule has 1 aliphatic heterocycles. The van der Waals surface area contributed by atoms with E-state index in [-0.39, 0.29) is 6.79 Å². The molecule has 0 atom stereocenters. The van der Waals surface area contributed by atoms with E-state index in [2.05, 4.69) is 5.16 Å². The SMILES string of the molecule is COc1c(/C=N\O)ccc2c1OCO2. The first-order chi connectivity index (χ1) is 6.86. The van der Waals surface area contributed by atoms with Crippen LogP contribution in [0.3, 0.4) is 0 Å². The second kappa shape index (κ2) is 3.45. The van der Waals surface area contributed by atoms with E-state index < -0.39 is 0 Å². The van der Waals surface area contributed by atoms with Crippen molar-refractivity contribution >= 4 is 6.21 Å². The van der Waals surface area contributed by atoms with Gasteiger partial charge < -0.3 is 19.4 Å². The van der Waals surface area contributed by atoms with Crippen molar-refractivity contribution in [2.24, 2.45) is 5.16 Å². The average Bonchev–Trinajstić information content (AvgIpc) is 2.66. The number of rotatable bonds is 2. The molecule has 0 unspecified atom stereocenters. The summed E-state index contributed by atoms with van der Waals surface area (Å²) in [7, 11) is 1.52. The van der Waals surface area contributed by atoms with Gasteiger partial charge in [0.15, 0.2) is 11.5 Å². The third-order valence-corrected chi connectivity index (χ3v) is 1.93. The highest BCUT2D eigenvalue weighted by atomic mass is 16.7. The molecule has 0 aromatic heterocycles. The van der Waals surface area contributed by atoms with Gasteiger partial charge in [-0.2, -0.15) is 0 Å². The molecule has 1 heterocycles. The van der Waals surface area contributed by atoms with E-state index in [9.17, 15) is 0 Å². The fourth-order valence-corrected chi connectivity index (χ4v) is 1.34. The van der Waals surface area contributed by atoms with Crippen LogP contribution >= 0.6 is 0 Å². The summed E-state index contributed by atoms with van der Waals surface area (Å²) in [5.74, 6) is 1.69. The fourth-order valence-electron chi connectivity index (χ4n) is 1.34. The summed E-state index contributed by atoms with van der Waals surface area (Å²) in [5.41, 5.74) is 0.638. The molecule has 5 heteroatoms. The van der Waals surface area contributed by atoms with E-state index >= 15 is 0 Å². The fraction of sp³-hybridized carbons (Fsp3) is 0.222. The van der Waals surface area contributed by atoms with Gasteiger partial charge in [-0.25, -0.2) is 0 Å². The van der Waals surface area contributed by atoms with Crippen molar-refractivity contribution in [3.63, 3.8) is 0 Å². The van der Waals surface area contributed by atoms with Gasteiger partial charge in [0, 0.05) is 5.56 Å². The summed E-state index contributed by atoms with van der Waals surface area (Å²) in [6.45, 7) is 0.186. The Hall–Kier alpha value is -1.91. The molecule has 74 valence electrons. The molecule has 0 bridgehead atoms. The Morgan fingerprint density at radius 2 is 2.36 bits per heavy atom. The van der Waals surface area contributed by atoms with Gasteiger partial charge in [-0.3, -0.25) is 0 Å². The van der Waals surface area contributed by atoms with E-state index in [1.807, 2.05) is 0 Å². The van der Waals surface area contributed by atoms with Crippen LogP contribution in [0.15, 0.2) is 17.3 Å². The number of hydrogen-bond donors (Lipinski definition) is 1. The molecule has 0 spiro atoms. The van der Waals surface area contributed by atoms with E-state index in [1.54, 1.807) is 12.1 Å². The van der Waals surface area contributed by atoms with Crippen molar-refractivity contribution in [3.05, 3.63) is 17.7 Å². The molecule has 0 aliphatic carbocycles. The number of benzene rings is 1. The van der Waals surface area contributed by atoms with Crippen molar-refractivity contribution in [1.82, 2.24) is 0 Å². The lowest BCUT2D eigenvalue weighted by Gasteiger charge is -2.06. The Morgan fingerprint density at radius 1 is 1.50 bits per heavy atom. The Labute approximate surface area is 80.5 Å². The van der Waals surface area contributed by atoms with Gasteiger partial charge in [0.1, 0.15) is 0 Å². The van der Waals surface area contributed by atoms with E-state index in [0.717, 1.165) is 0 Å². The molecular formula is C9H9NO4. The maximum absolute atomic E-state index is 8.43. The number of nitrogens with zero attached hydrogens (tertiary/aromatic N) is 1. The van der Waals surface area contributed by atoms with Crippen LogP contribution in [0.4, 0.5) is 0 Å². The number of fused-ring (bicyclic) bond motifs is 1. The van der Waals surface area contributed by atoms with Gasteiger partial charge >= 0.3 is 0 Å². The summed E-state index contributed by atoms with van der Waals surface area (Å²) < 4.78 is 15.5. The largest absolute Gasteiger partial charge is 0.492 e. The minimum Gasteiger partial charge on any atom is -0.492 e. The van der Waals surface area contributed by atoms with Crippen molar-refractivity contribution in [2.75, 3.05) is 13.9 Å². The molecule has 1 aromatic carbocycles. The highest BCUT2D eigenvalue weighted by Gasteiger charge is 2.20. The molecule has 1 N–H and O–H groups in total. The predicted octanol–water partition coefficient (Wildman–Crippen LogP) is 1.23. The minimum atomic E-state index is 0.186. The topological polar surface area (TPSA) is 60.3 Å². The molecule has 0 fully saturated rings. The molecule has 14 heavy (non-hydrogen) atoms. The Kier molecular flexibility index (Phi) is 2.14. The maximum atomic E-state index is 8.43. The molecule has 5 nitrogen and oxygen atoms in total. The number of methoxy groups -OCH3 is 1. The van der Waals surface area contributed by atoms with Crippen LogP contribution in [-0.2, 0) is 0 Å². The molecule has 1 aliphatic rings. The van der Waals surface area contributed by atoms with Gasteiger partial charge in [0.2, 0.25) is 12.5 Å². The number of hydrogen-bond acceptors (Lipinski definition) is 5. The van der Waals surface area contributed by atoms with Crippen LogP contribution < -0.4 is 14.2 Å². The zero-order valence-electron chi connectivity index (χ0n) is 7.56. The van der Waals surface area contributed by atoms with Crippen LogP contribution in [0.2, 0.25) is 0 Å². The van der Waals surface area contributed by atoms with Crippen LogP contribution in [0.5, 0.6) is 17.2 Å². The second-order valence-corrected chi connectivity index (χ2v) is 2.67. The van der Waals surface area contributed by atoms with Crippen molar-refractivity contribution in [1.29, 1.82) is 0 Å². The molecule has 2 rings (SSSR count). The van der Waals surface area contributed by atoms with Gasteiger partial charge in [-0.05, 0) is 12.1 Å². The summed E-state index contributed by atoms with van der Waals surface area (Å²) in [5, 5.41) is 11.4. The molecule has 0 saturated heterocycles. The summed E-state index contributed by atoms with van der Waals surface area (Å²) in [6.07, 6.45) is 1.28. The minimum absolute atomic E-state index is 0.186. The number of ether oxygens (including phenoxy) is 3. The Bertz CT molecular complexity index is 375. The van der Waals surface area contributed by atoms with Crippen LogP contribution in [-0.4, -0.2) is 25.3 Å². The van der Waals surface area contributed by atoms with Gasteiger partial charge in [0.25, 0.3) is 0 Å². The van der Waals surface area contributed by atoms with Crippen molar-refractivity contribution in [3.8, 4) is 17.2 Å². The first-order valence-electron chi connectivity index (χ1n) is 4.01. The lowest BCUT2D eigenvalue weighted by molar-refractivity contribution is 0.171. The molecule has 0 saturated carbocycles. The van der Waals surface area contributed by atoms with Crippen LogP contribution in [0.1, 0.15) is 5.56 Å². The Morgan fingerprint density at radius 3 is 3.07 bits per heavy atom. The molecule has 0 radical (unpaired) electrons. The van der Waals surface area contributed by atoms with E-state index in [4.69, 9.17) is 19.4 Å². The quantitative estimate of drug-likeness (QED) is 0.438. The smallest absolute Gasteiger partial charge is 0.231 e. The summed E-state index contributed by atoms with van der Waals surface area (Å²) in [4.78, 5) is 0. The highest BCUT2D eigenvalue weighted by Crippen LogP contribution is 2.42. The summed E-state index contributed by atoms with van der Waals surface area (Å²) in [6, 6.07) is 3.47. The zero-order chi connectivity index (χ0) is 9.97. The first kappa shape index (κ1) is 8.68. The maximum Gasteiger partial charge on any atom is 0.231 e. The molecule has 1 aromatic rings. The second-order valence-electron chi connectivity index (χ2n) is 2.67. The van der Waals surface area contributed by atoms with E-state index in [1.165, 1.54) is 13.3 Å². The molecular weight excluding hydrogens is 186 g/mol. The van der Waals surface area contributed by atoms with E-state index in [0.29, 0.717) is 22.8 Å². The molecule has 0 amide bonds. The zero-order valence-corrected chi connectivity index (χ0v) is 7.56. The Balaban J connectivity index is 2.53. The van der Waals surface area contributed by atoms with Crippen LogP contribution in [0.25, 0.3) is 0 Å². The lowest BCUT2D eigenvalue weighted by atomic mass is 10.2. The van der Waals surface area contributed by atoms with Gasteiger partial charge in [0.05, 0.1) is 13.3 Å². The third-order valence-electron chi connectivity index (χ3n) is 1.93.